The summed E-state index contributed by atoms with van der Waals surface area (Å²) in [6.45, 7) is 4.14. The second kappa shape index (κ2) is 7.24. The highest BCUT2D eigenvalue weighted by atomic mass is 35.5. The molecular formula is C13H20ClNO3S. The average Bonchev–Trinajstić information content (AvgIpc) is 2.32. The minimum absolute atomic E-state index is 0.270. The monoisotopic (exact) mass is 305 g/mol. The van der Waals surface area contributed by atoms with E-state index in [2.05, 4.69) is 4.72 Å². The number of alkyl halides is 1. The SMILES string of the molecule is COCC(CCCl)NS(=O)(=O)c1ccc(C)c(C)c1. The van der Waals surface area contributed by atoms with E-state index >= 15 is 0 Å². The Morgan fingerprint density at radius 2 is 2.00 bits per heavy atom. The molecular weight excluding hydrogens is 286 g/mol. The van der Waals surface area contributed by atoms with Crippen LogP contribution in [0.2, 0.25) is 0 Å². The Balaban J connectivity index is 2.92. The van der Waals surface area contributed by atoms with Gasteiger partial charge in [0.25, 0.3) is 0 Å². The van der Waals surface area contributed by atoms with Crippen molar-refractivity contribution >= 4 is 21.6 Å². The minimum atomic E-state index is -3.53. The molecule has 0 aromatic heterocycles. The number of ether oxygens (including phenoxy) is 1. The summed E-state index contributed by atoms with van der Waals surface area (Å²) in [4.78, 5) is 0.270. The molecule has 6 heteroatoms. The highest BCUT2D eigenvalue weighted by Gasteiger charge is 2.20. The number of rotatable bonds is 7. The molecule has 0 aliphatic carbocycles. The number of methoxy groups -OCH3 is 1. The molecule has 0 heterocycles. The maximum atomic E-state index is 12.2. The van der Waals surface area contributed by atoms with Crippen molar-refractivity contribution in [3.8, 4) is 0 Å². The first kappa shape index (κ1) is 16.4. The summed E-state index contributed by atoms with van der Waals surface area (Å²) >= 11 is 5.66. The summed E-state index contributed by atoms with van der Waals surface area (Å²) in [7, 11) is -2.00. The van der Waals surface area contributed by atoms with Gasteiger partial charge < -0.3 is 4.74 Å². The van der Waals surface area contributed by atoms with Crippen molar-refractivity contribution in [1.82, 2.24) is 4.72 Å². The van der Waals surface area contributed by atoms with Gasteiger partial charge in [-0.1, -0.05) is 6.07 Å². The van der Waals surface area contributed by atoms with Gasteiger partial charge in [-0.3, -0.25) is 0 Å². The van der Waals surface area contributed by atoms with Crippen molar-refractivity contribution in [2.24, 2.45) is 0 Å². The first-order valence-corrected chi connectivity index (χ1v) is 8.07. The molecule has 0 saturated heterocycles. The number of hydrogen-bond donors (Lipinski definition) is 1. The number of benzene rings is 1. The predicted molar refractivity (Wildman–Crippen MR) is 77.2 cm³/mol. The number of hydrogen-bond acceptors (Lipinski definition) is 3. The second-order valence-electron chi connectivity index (χ2n) is 4.50. The summed E-state index contributed by atoms with van der Waals surface area (Å²) in [6.07, 6.45) is 0.527. The molecule has 1 atom stereocenters. The van der Waals surface area contributed by atoms with E-state index in [0.717, 1.165) is 11.1 Å². The van der Waals surface area contributed by atoms with E-state index in [1.165, 1.54) is 7.11 Å². The lowest BCUT2D eigenvalue weighted by Gasteiger charge is -2.17. The quantitative estimate of drug-likeness (QED) is 0.786. The predicted octanol–water partition coefficient (Wildman–Crippen LogP) is 2.23. The number of halogens is 1. The molecule has 1 unspecified atom stereocenters. The fourth-order valence-electron chi connectivity index (χ4n) is 1.68. The van der Waals surface area contributed by atoms with Gasteiger partial charge in [0.2, 0.25) is 10.0 Å². The zero-order chi connectivity index (χ0) is 14.5. The molecule has 0 aliphatic heterocycles. The average molecular weight is 306 g/mol. The number of sulfonamides is 1. The topological polar surface area (TPSA) is 55.4 Å². The minimum Gasteiger partial charge on any atom is -0.383 e. The van der Waals surface area contributed by atoms with Gasteiger partial charge in [0.1, 0.15) is 0 Å². The molecule has 0 bridgehead atoms. The third-order valence-electron chi connectivity index (χ3n) is 2.94. The lowest BCUT2D eigenvalue weighted by atomic mass is 10.1. The lowest BCUT2D eigenvalue weighted by Crippen LogP contribution is -2.38. The van der Waals surface area contributed by atoms with Gasteiger partial charge in [-0.05, 0) is 43.5 Å². The third-order valence-corrected chi connectivity index (χ3v) is 4.67. The Morgan fingerprint density at radius 3 is 2.53 bits per heavy atom. The van der Waals surface area contributed by atoms with Crippen LogP contribution in [0.5, 0.6) is 0 Å². The number of nitrogens with one attached hydrogen (secondary N) is 1. The standard InChI is InChI=1S/C13H20ClNO3S/c1-10-4-5-13(8-11(10)2)19(16,17)15-12(6-7-14)9-18-3/h4-5,8,12,15H,6-7,9H2,1-3H3. The third kappa shape index (κ3) is 4.76. The van der Waals surface area contributed by atoms with Crippen LogP contribution in [0, 0.1) is 13.8 Å². The van der Waals surface area contributed by atoms with Gasteiger partial charge in [0.05, 0.1) is 11.5 Å². The van der Waals surface area contributed by atoms with Crippen LogP contribution in [0.4, 0.5) is 0 Å². The molecule has 0 aliphatic rings. The normalized spacial score (nSPS) is 13.5. The van der Waals surface area contributed by atoms with Crippen LogP contribution < -0.4 is 4.72 Å². The maximum absolute atomic E-state index is 12.2. The Morgan fingerprint density at radius 1 is 1.32 bits per heavy atom. The highest BCUT2D eigenvalue weighted by Crippen LogP contribution is 2.15. The maximum Gasteiger partial charge on any atom is 0.240 e. The van der Waals surface area contributed by atoms with E-state index in [4.69, 9.17) is 16.3 Å². The lowest BCUT2D eigenvalue weighted by molar-refractivity contribution is 0.173. The molecule has 0 radical (unpaired) electrons. The van der Waals surface area contributed by atoms with Crippen LogP contribution in [0.3, 0.4) is 0 Å². The van der Waals surface area contributed by atoms with Crippen molar-refractivity contribution in [3.63, 3.8) is 0 Å². The van der Waals surface area contributed by atoms with Crippen LogP contribution >= 0.6 is 11.6 Å². The Bertz CT molecular complexity index is 511. The first-order chi connectivity index (χ1) is 8.90. The molecule has 0 amide bonds. The molecule has 0 fully saturated rings. The molecule has 19 heavy (non-hydrogen) atoms. The van der Waals surface area contributed by atoms with Crippen molar-refractivity contribution in [3.05, 3.63) is 29.3 Å². The molecule has 0 saturated carbocycles. The van der Waals surface area contributed by atoms with Crippen LogP contribution in [0.15, 0.2) is 23.1 Å². The van der Waals surface area contributed by atoms with E-state index in [-0.39, 0.29) is 10.9 Å². The van der Waals surface area contributed by atoms with Crippen LogP contribution in [0.1, 0.15) is 17.5 Å². The Hall–Kier alpha value is -0.620. The molecule has 108 valence electrons. The Kier molecular flexibility index (Phi) is 6.26. The van der Waals surface area contributed by atoms with E-state index in [1.807, 2.05) is 13.8 Å². The van der Waals surface area contributed by atoms with Crippen LogP contribution in [-0.2, 0) is 14.8 Å². The van der Waals surface area contributed by atoms with E-state index < -0.39 is 10.0 Å². The zero-order valence-electron chi connectivity index (χ0n) is 11.4. The van der Waals surface area contributed by atoms with E-state index in [9.17, 15) is 8.42 Å². The summed E-state index contributed by atoms with van der Waals surface area (Å²) in [5, 5.41) is 0. The first-order valence-electron chi connectivity index (χ1n) is 6.05. The van der Waals surface area contributed by atoms with Gasteiger partial charge in [0.15, 0.2) is 0 Å². The highest BCUT2D eigenvalue weighted by molar-refractivity contribution is 7.89. The van der Waals surface area contributed by atoms with Gasteiger partial charge in [-0.2, -0.15) is 0 Å². The van der Waals surface area contributed by atoms with Gasteiger partial charge in [-0.25, -0.2) is 13.1 Å². The molecule has 4 nitrogen and oxygen atoms in total. The molecule has 1 rings (SSSR count). The molecule has 1 aromatic carbocycles. The molecule has 1 N–H and O–H groups in total. The number of aryl methyl sites for hydroxylation is 2. The van der Waals surface area contributed by atoms with Crippen molar-refractivity contribution < 1.29 is 13.2 Å². The fraction of sp³-hybridized carbons (Fsp3) is 0.538. The van der Waals surface area contributed by atoms with E-state index in [1.54, 1.807) is 18.2 Å². The van der Waals surface area contributed by atoms with E-state index in [0.29, 0.717) is 18.9 Å². The largest absolute Gasteiger partial charge is 0.383 e. The summed E-state index contributed by atoms with van der Waals surface area (Å²) in [5.74, 6) is 0.378. The summed E-state index contributed by atoms with van der Waals surface area (Å²) in [6, 6.07) is 4.77. The van der Waals surface area contributed by atoms with Crippen molar-refractivity contribution in [2.75, 3.05) is 19.6 Å². The van der Waals surface area contributed by atoms with Gasteiger partial charge >= 0.3 is 0 Å². The fourth-order valence-corrected chi connectivity index (χ4v) is 3.28. The van der Waals surface area contributed by atoms with Gasteiger partial charge in [-0.15, -0.1) is 11.6 Å². The smallest absolute Gasteiger partial charge is 0.240 e. The van der Waals surface area contributed by atoms with Crippen molar-refractivity contribution in [2.45, 2.75) is 31.2 Å². The van der Waals surface area contributed by atoms with Crippen molar-refractivity contribution in [1.29, 1.82) is 0 Å². The summed E-state index contributed by atoms with van der Waals surface area (Å²) in [5.41, 5.74) is 2.01. The van der Waals surface area contributed by atoms with Gasteiger partial charge in [0, 0.05) is 19.0 Å². The molecule has 0 spiro atoms. The summed E-state index contributed by atoms with van der Waals surface area (Å²) < 4.78 is 32.1. The zero-order valence-corrected chi connectivity index (χ0v) is 13.0. The van der Waals surface area contributed by atoms with Crippen LogP contribution in [-0.4, -0.2) is 34.1 Å². The molecule has 1 aromatic rings. The Labute approximate surface area is 120 Å². The van der Waals surface area contributed by atoms with Crippen LogP contribution in [0.25, 0.3) is 0 Å². The second-order valence-corrected chi connectivity index (χ2v) is 6.59.